The number of sulfonamides is 1. The number of benzene rings is 1. The fraction of sp³-hybridized carbons (Fsp3) is 0.562. The van der Waals surface area contributed by atoms with E-state index in [1.807, 2.05) is 0 Å². The minimum atomic E-state index is -3.69. The highest BCUT2D eigenvalue weighted by Crippen LogP contribution is 2.23. The lowest BCUT2D eigenvalue weighted by Crippen LogP contribution is -2.39. The summed E-state index contributed by atoms with van der Waals surface area (Å²) in [7, 11) is -3.69. The molecule has 7 heteroatoms. The van der Waals surface area contributed by atoms with Crippen LogP contribution in [0.1, 0.15) is 39.0 Å². The van der Waals surface area contributed by atoms with E-state index in [4.69, 9.17) is 11.6 Å². The minimum Gasteiger partial charge on any atom is -0.353 e. The van der Waals surface area contributed by atoms with Crippen molar-refractivity contribution in [2.45, 2.75) is 50.0 Å². The van der Waals surface area contributed by atoms with Gasteiger partial charge in [-0.1, -0.05) is 43.5 Å². The Balaban J connectivity index is 1.80. The summed E-state index contributed by atoms with van der Waals surface area (Å²) >= 11 is 5.89. The third-order valence-electron chi connectivity index (χ3n) is 4.07. The maximum atomic E-state index is 12.1. The second kappa shape index (κ2) is 8.13. The first-order valence-electron chi connectivity index (χ1n) is 7.92. The molecule has 1 fully saturated rings. The third kappa shape index (κ3) is 5.48. The summed E-state index contributed by atoms with van der Waals surface area (Å²) in [6, 6.07) is 6.45. The molecule has 2 rings (SSSR count). The molecule has 5 nitrogen and oxygen atoms in total. The van der Waals surface area contributed by atoms with Crippen LogP contribution in [-0.4, -0.2) is 26.9 Å². The Hall–Kier alpha value is -1.11. The summed E-state index contributed by atoms with van der Waals surface area (Å²) in [5.41, 5.74) is 0. The van der Waals surface area contributed by atoms with Crippen molar-refractivity contribution in [3.63, 3.8) is 0 Å². The smallest absolute Gasteiger partial charge is 0.242 e. The zero-order valence-corrected chi connectivity index (χ0v) is 14.8. The molecule has 0 aliphatic heterocycles. The van der Waals surface area contributed by atoms with Crippen LogP contribution >= 0.6 is 11.6 Å². The Morgan fingerprint density at radius 1 is 1.30 bits per heavy atom. The number of hydrogen-bond acceptors (Lipinski definition) is 3. The summed E-state index contributed by atoms with van der Waals surface area (Å²) < 4.78 is 26.7. The summed E-state index contributed by atoms with van der Waals surface area (Å²) in [5.74, 6) is 0.513. The van der Waals surface area contributed by atoms with Gasteiger partial charge in [-0.3, -0.25) is 4.79 Å². The average molecular weight is 359 g/mol. The molecule has 1 aromatic carbocycles. The van der Waals surface area contributed by atoms with E-state index in [2.05, 4.69) is 17.0 Å². The number of rotatable bonds is 6. The Bertz CT molecular complexity index is 648. The van der Waals surface area contributed by atoms with E-state index in [0.29, 0.717) is 5.92 Å². The van der Waals surface area contributed by atoms with E-state index >= 15 is 0 Å². The number of amides is 1. The van der Waals surface area contributed by atoms with E-state index < -0.39 is 10.0 Å². The van der Waals surface area contributed by atoms with E-state index in [1.165, 1.54) is 18.6 Å². The quantitative estimate of drug-likeness (QED) is 0.821. The van der Waals surface area contributed by atoms with Crippen LogP contribution in [0.15, 0.2) is 29.2 Å². The van der Waals surface area contributed by atoms with E-state index in [9.17, 15) is 13.2 Å². The largest absolute Gasteiger partial charge is 0.353 e. The van der Waals surface area contributed by atoms with Gasteiger partial charge in [0.1, 0.15) is 4.90 Å². The standard InChI is InChI=1S/C16H23ClN2O3S/c1-12-5-4-6-13(11-12)19-16(20)9-10-18-23(21,22)15-8-3-2-7-14(15)17/h2-3,7-8,12-13,18H,4-6,9-11H2,1H3,(H,19,20). The predicted molar refractivity (Wildman–Crippen MR) is 90.8 cm³/mol. The van der Waals surface area contributed by atoms with Crippen LogP contribution in [0.25, 0.3) is 0 Å². The maximum absolute atomic E-state index is 12.1. The monoisotopic (exact) mass is 358 g/mol. The lowest BCUT2D eigenvalue weighted by Gasteiger charge is -2.27. The van der Waals surface area contributed by atoms with Crippen LogP contribution in [0, 0.1) is 5.92 Å². The number of hydrogen-bond donors (Lipinski definition) is 2. The average Bonchev–Trinajstić information content (AvgIpc) is 2.47. The van der Waals surface area contributed by atoms with E-state index in [1.54, 1.807) is 12.1 Å². The molecule has 0 heterocycles. The predicted octanol–water partition coefficient (Wildman–Crippen LogP) is 2.70. The van der Waals surface area contributed by atoms with Gasteiger partial charge in [0.15, 0.2) is 0 Å². The molecular formula is C16H23ClN2O3S. The molecule has 0 radical (unpaired) electrons. The first-order chi connectivity index (χ1) is 10.9. The highest BCUT2D eigenvalue weighted by atomic mass is 35.5. The Morgan fingerprint density at radius 2 is 2.04 bits per heavy atom. The van der Waals surface area contributed by atoms with Crippen LogP contribution in [-0.2, 0) is 14.8 Å². The van der Waals surface area contributed by atoms with E-state index in [-0.39, 0.29) is 34.8 Å². The second-order valence-electron chi connectivity index (χ2n) is 6.11. The van der Waals surface area contributed by atoms with Gasteiger partial charge in [0.05, 0.1) is 5.02 Å². The first kappa shape index (κ1) is 18.2. The summed E-state index contributed by atoms with van der Waals surface area (Å²) in [5, 5.41) is 3.15. The molecular weight excluding hydrogens is 336 g/mol. The van der Waals surface area contributed by atoms with Crippen LogP contribution < -0.4 is 10.0 Å². The Morgan fingerprint density at radius 3 is 2.74 bits per heavy atom. The lowest BCUT2D eigenvalue weighted by molar-refractivity contribution is -0.121. The molecule has 1 saturated carbocycles. The maximum Gasteiger partial charge on any atom is 0.242 e. The van der Waals surface area contributed by atoms with Crippen molar-refractivity contribution < 1.29 is 13.2 Å². The van der Waals surface area contributed by atoms with Crippen molar-refractivity contribution in [2.24, 2.45) is 5.92 Å². The van der Waals surface area contributed by atoms with Gasteiger partial charge in [-0.25, -0.2) is 13.1 Å². The molecule has 1 aromatic rings. The van der Waals surface area contributed by atoms with Crippen molar-refractivity contribution in [3.8, 4) is 0 Å². The Labute approximate surface area is 142 Å². The molecule has 0 spiro atoms. The molecule has 128 valence electrons. The minimum absolute atomic E-state index is 0.0307. The lowest BCUT2D eigenvalue weighted by atomic mass is 9.87. The molecule has 2 N–H and O–H groups in total. The Kier molecular flexibility index (Phi) is 6.44. The van der Waals surface area contributed by atoms with Crippen molar-refractivity contribution in [1.82, 2.24) is 10.0 Å². The van der Waals surface area contributed by atoms with E-state index in [0.717, 1.165) is 19.3 Å². The van der Waals surface area contributed by atoms with Crippen LogP contribution in [0.2, 0.25) is 5.02 Å². The fourth-order valence-electron chi connectivity index (χ4n) is 2.90. The van der Waals surface area contributed by atoms with Gasteiger partial charge in [-0.15, -0.1) is 0 Å². The van der Waals surface area contributed by atoms with Crippen molar-refractivity contribution in [3.05, 3.63) is 29.3 Å². The van der Waals surface area contributed by atoms with Crippen LogP contribution in [0.4, 0.5) is 0 Å². The second-order valence-corrected chi connectivity index (χ2v) is 8.26. The summed E-state index contributed by atoms with van der Waals surface area (Å²) in [6.45, 7) is 2.25. The molecule has 2 atom stereocenters. The fourth-order valence-corrected chi connectivity index (χ4v) is 4.45. The molecule has 1 aliphatic carbocycles. The molecule has 23 heavy (non-hydrogen) atoms. The highest BCUT2D eigenvalue weighted by molar-refractivity contribution is 7.89. The molecule has 1 amide bonds. The van der Waals surface area contributed by atoms with Crippen molar-refractivity contribution in [2.75, 3.05) is 6.54 Å². The summed E-state index contributed by atoms with van der Waals surface area (Å²) in [6.07, 6.45) is 4.46. The molecule has 1 aliphatic rings. The van der Waals surface area contributed by atoms with Crippen molar-refractivity contribution >= 4 is 27.5 Å². The zero-order chi connectivity index (χ0) is 16.9. The van der Waals surface area contributed by atoms with Crippen molar-refractivity contribution in [1.29, 1.82) is 0 Å². The van der Waals surface area contributed by atoms with Crippen LogP contribution in [0.5, 0.6) is 0 Å². The van der Waals surface area contributed by atoms with Gasteiger partial charge < -0.3 is 5.32 Å². The topological polar surface area (TPSA) is 75.3 Å². The van der Waals surface area contributed by atoms with Gasteiger partial charge >= 0.3 is 0 Å². The van der Waals surface area contributed by atoms with Gasteiger partial charge in [0, 0.05) is 19.0 Å². The molecule has 0 saturated heterocycles. The van der Waals surface area contributed by atoms with Gasteiger partial charge in [0.2, 0.25) is 15.9 Å². The zero-order valence-electron chi connectivity index (χ0n) is 13.2. The molecule has 2 unspecified atom stereocenters. The number of nitrogens with one attached hydrogen (secondary N) is 2. The summed E-state index contributed by atoms with van der Waals surface area (Å²) in [4.78, 5) is 12.0. The SMILES string of the molecule is CC1CCCC(NC(=O)CCNS(=O)(=O)c2ccccc2Cl)C1. The van der Waals surface area contributed by atoms with Gasteiger partial charge in [-0.05, 0) is 30.9 Å². The highest BCUT2D eigenvalue weighted by Gasteiger charge is 2.21. The van der Waals surface area contributed by atoms with Crippen LogP contribution in [0.3, 0.4) is 0 Å². The number of carbonyl (C=O) groups is 1. The number of halogens is 1. The van der Waals surface area contributed by atoms with Gasteiger partial charge in [0.25, 0.3) is 0 Å². The molecule has 0 bridgehead atoms. The van der Waals surface area contributed by atoms with Gasteiger partial charge in [-0.2, -0.15) is 0 Å². The third-order valence-corrected chi connectivity index (χ3v) is 6.03. The first-order valence-corrected chi connectivity index (χ1v) is 9.78. The normalized spacial score (nSPS) is 21.8. The molecule has 0 aromatic heterocycles. The number of carbonyl (C=O) groups excluding carboxylic acids is 1.